The molecule has 4 rings (SSSR count). The Morgan fingerprint density at radius 3 is 1.94 bits per heavy atom. The highest BCUT2D eigenvalue weighted by atomic mass is 16.5. The fourth-order valence-electron chi connectivity index (χ4n) is 5.31. The van der Waals surface area contributed by atoms with Crippen LogP contribution in [-0.4, -0.2) is 6.61 Å². The molecule has 0 aromatic heterocycles. The molecule has 0 spiro atoms. The van der Waals surface area contributed by atoms with Crippen molar-refractivity contribution < 1.29 is 4.74 Å². The zero-order valence-electron chi connectivity index (χ0n) is 19.8. The van der Waals surface area contributed by atoms with Crippen molar-refractivity contribution in [2.45, 2.75) is 70.6 Å². The second kappa shape index (κ2) is 11.4. The number of ether oxygens (including phenoxy) is 1. The molecule has 1 heteroatoms. The smallest absolute Gasteiger partial charge is 0.119 e. The van der Waals surface area contributed by atoms with Gasteiger partial charge in [0.05, 0.1) is 6.61 Å². The van der Waals surface area contributed by atoms with Gasteiger partial charge in [-0.3, -0.25) is 0 Å². The van der Waals surface area contributed by atoms with Crippen LogP contribution in [0.5, 0.6) is 5.75 Å². The minimum Gasteiger partial charge on any atom is -0.494 e. The Morgan fingerprint density at radius 1 is 0.750 bits per heavy atom. The summed E-state index contributed by atoms with van der Waals surface area (Å²) in [6.07, 6.45) is 8.95. The summed E-state index contributed by atoms with van der Waals surface area (Å²) in [6.45, 7) is 5.14. The third kappa shape index (κ3) is 6.25. The van der Waals surface area contributed by atoms with Crippen LogP contribution in [-0.2, 0) is 12.8 Å². The lowest BCUT2D eigenvalue weighted by Gasteiger charge is -2.30. The molecule has 1 saturated carbocycles. The molecule has 32 heavy (non-hydrogen) atoms. The van der Waals surface area contributed by atoms with E-state index in [1.807, 2.05) is 6.92 Å². The van der Waals surface area contributed by atoms with Crippen LogP contribution in [0.3, 0.4) is 0 Å². The first-order chi connectivity index (χ1) is 15.7. The zero-order chi connectivity index (χ0) is 22.2. The summed E-state index contributed by atoms with van der Waals surface area (Å²) in [5.41, 5.74) is 5.86. The highest BCUT2D eigenvalue weighted by Crippen LogP contribution is 2.39. The molecule has 0 amide bonds. The molecule has 0 N–H and O–H groups in total. The molecule has 1 fully saturated rings. The van der Waals surface area contributed by atoms with Crippen molar-refractivity contribution in [2.75, 3.05) is 6.61 Å². The molecule has 0 radical (unpaired) electrons. The van der Waals surface area contributed by atoms with Crippen molar-refractivity contribution in [3.05, 3.63) is 101 Å². The van der Waals surface area contributed by atoms with Crippen LogP contribution in [0, 0.1) is 5.92 Å². The molecule has 0 unspecified atom stereocenters. The Kier molecular flexibility index (Phi) is 8.04. The second-order valence-corrected chi connectivity index (χ2v) is 9.58. The lowest BCUT2D eigenvalue weighted by molar-refractivity contribution is 0.297. The minimum atomic E-state index is 0.674. The predicted molar refractivity (Wildman–Crippen MR) is 136 cm³/mol. The molecule has 1 aliphatic carbocycles. The van der Waals surface area contributed by atoms with Crippen LogP contribution >= 0.6 is 0 Å². The third-order valence-electron chi connectivity index (χ3n) is 7.29. The standard InChI is InChI=1S/C31H38O/c1-3-32-31-21-15-26(16-22-31)10-9-25-11-17-29(18-12-25)30-19-13-27(14-20-30)23-24(2)28-7-5-4-6-8-28/h4-8,11-12,15-18,21-22,24,27,30H,3,9-10,13-14,19-20,23H2,1-2H3/t24-,27?,30?/m1/s1. The molecule has 168 valence electrons. The average Bonchev–Trinajstić information content (AvgIpc) is 2.85. The highest BCUT2D eigenvalue weighted by Gasteiger charge is 2.24. The topological polar surface area (TPSA) is 9.23 Å². The number of hydrogen-bond acceptors (Lipinski definition) is 1. The van der Waals surface area contributed by atoms with Gasteiger partial charge in [-0.1, -0.05) is 73.7 Å². The summed E-state index contributed by atoms with van der Waals surface area (Å²) in [6, 6.07) is 29.1. The fourth-order valence-corrected chi connectivity index (χ4v) is 5.31. The van der Waals surface area contributed by atoms with E-state index < -0.39 is 0 Å². The molecule has 1 atom stereocenters. The monoisotopic (exact) mass is 426 g/mol. The van der Waals surface area contributed by atoms with E-state index in [0.29, 0.717) is 5.92 Å². The summed E-state index contributed by atoms with van der Waals surface area (Å²) in [4.78, 5) is 0. The molecule has 1 aliphatic rings. The van der Waals surface area contributed by atoms with Gasteiger partial charge in [0, 0.05) is 0 Å². The van der Waals surface area contributed by atoms with Crippen LogP contribution in [0.1, 0.15) is 80.0 Å². The van der Waals surface area contributed by atoms with Crippen LogP contribution < -0.4 is 4.74 Å². The highest BCUT2D eigenvalue weighted by molar-refractivity contribution is 5.30. The van der Waals surface area contributed by atoms with Gasteiger partial charge in [0.1, 0.15) is 5.75 Å². The number of rotatable bonds is 9. The maximum Gasteiger partial charge on any atom is 0.119 e. The van der Waals surface area contributed by atoms with Crippen molar-refractivity contribution in [1.82, 2.24) is 0 Å². The van der Waals surface area contributed by atoms with E-state index in [2.05, 4.69) is 85.8 Å². The van der Waals surface area contributed by atoms with Crippen molar-refractivity contribution in [1.29, 1.82) is 0 Å². The Balaban J connectivity index is 1.23. The van der Waals surface area contributed by atoms with Gasteiger partial charge in [-0.05, 0) is 104 Å². The lowest BCUT2D eigenvalue weighted by Crippen LogP contribution is -2.15. The quantitative estimate of drug-likeness (QED) is 0.334. The van der Waals surface area contributed by atoms with Gasteiger partial charge in [0.2, 0.25) is 0 Å². The summed E-state index contributed by atoms with van der Waals surface area (Å²) < 4.78 is 5.54. The van der Waals surface area contributed by atoms with Gasteiger partial charge in [-0.25, -0.2) is 0 Å². The van der Waals surface area contributed by atoms with E-state index in [1.54, 1.807) is 5.56 Å². The lowest BCUT2D eigenvalue weighted by atomic mass is 9.75. The third-order valence-corrected chi connectivity index (χ3v) is 7.29. The summed E-state index contributed by atoms with van der Waals surface area (Å²) in [7, 11) is 0. The van der Waals surface area contributed by atoms with Crippen LogP contribution in [0.4, 0.5) is 0 Å². The van der Waals surface area contributed by atoms with Crippen molar-refractivity contribution >= 4 is 0 Å². The molecule has 0 heterocycles. The SMILES string of the molecule is CCOc1ccc(CCc2ccc(C3CCC(C[C@@H](C)c4ccccc4)CC3)cc2)cc1. The fraction of sp³-hybridized carbons (Fsp3) is 0.419. The number of aryl methyl sites for hydroxylation is 2. The van der Waals surface area contributed by atoms with Gasteiger partial charge in [0.25, 0.3) is 0 Å². The van der Waals surface area contributed by atoms with Crippen molar-refractivity contribution in [2.24, 2.45) is 5.92 Å². The van der Waals surface area contributed by atoms with Gasteiger partial charge >= 0.3 is 0 Å². The maximum atomic E-state index is 5.54. The van der Waals surface area contributed by atoms with E-state index in [0.717, 1.165) is 37.0 Å². The number of hydrogen-bond donors (Lipinski definition) is 0. The average molecular weight is 427 g/mol. The predicted octanol–water partition coefficient (Wildman–Crippen LogP) is 8.34. The largest absolute Gasteiger partial charge is 0.494 e. The van der Waals surface area contributed by atoms with E-state index in [9.17, 15) is 0 Å². The minimum absolute atomic E-state index is 0.674. The zero-order valence-corrected chi connectivity index (χ0v) is 19.8. The molecular formula is C31H38O. The Bertz CT molecular complexity index is 918. The van der Waals surface area contributed by atoms with Gasteiger partial charge in [-0.2, -0.15) is 0 Å². The normalized spacial score (nSPS) is 19.4. The maximum absolute atomic E-state index is 5.54. The van der Waals surface area contributed by atoms with E-state index in [-0.39, 0.29) is 0 Å². The van der Waals surface area contributed by atoms with Crippen LogP contribution in [0.2, 0.25) is 0 Å². The Morgan fingerprint density at radius 2 is 1.34 bits per heavy atom. The molecule has 0 saturated heterocycles. The van der Waals surface area contributed by atoms with E-state index >= 15 is 0 Å². The molecule has 1 nitrogen and oxygen atoms in total. The summed E-state index contributed by atoms with van der Waals surface area (Å²) >= 11 is 0. The first kappa shape index (κ1) is 22.6. The summed E-state index contributed by atoms with van der Waals surface area (Å²) in [5.74, 6) is 3.27. The summed E-state index contributed by atoms with van der Waals surface area (Å²) in [5, 5.41) is 0. The van der Waals surface area contributed by atoms with Crippen LogP contribution in [0.15, 0.2) is 78.9 Å². The van der Waals surface area contributed by atoms with Crippen molar-refractivity contribution in [3.8, 4) is 5.75 Å². The molecular weight excluding hydrogens is 388 g/mol. The Hall–Kier alpha value is -2.54. The van der Waals surface area contributed by atoms with Crippen molar-refractivity contribution in [3.63, 3.8) is 0 Å². The molecule has 3 aromatic rings. The number of benzene rings is 3. The van der Waals surface area contributed by atoms with Gasteiger partial charge in [0.15, 0.2) is 0 Å². The van der Waals surface area contributed by atoms with E-state index in [4.69, 9.17) is 4.74 Å². The molecule has 3 aromatic carbocycles. The van der Waals surface area contributed by atoms with E-state index in [1.165, 1.54) is 48.8 Å². The second-order valence-electron chi connectivity index (χ2n) is 9.58. The Labute approximate surface area is 194 Å². The first-order valence-corrected chi connectivity index (χ1v) is 12.6. The first-order valence-electron chi connectivity index (χ1n) is 12.6. The molecule has 0 aliphatic heterocycles. The molecule has 0 bridgehead atoms. The van der Waals surface area contributed by atoms with Crippen LogP contribution in [0.25, 0.3) is 0 Å². The van der Waals surface area contributed by atoms with Gasteiger partial charge in [-0.15, -0.1) is 0 Å². The van der Waals surface area contributed by atoms with Gasteiger partial charge < -0.3 is 4.74 Å².